The van der Waals surface area contributed by atoms with Gasteiger partial charge in [0, 0.05) is 38.8 Å². The number of aromatic nitrogens is 2. The summed E-state index contributed by atoms with van der Waals surface area (Å²) in [6.07, 6.45) is 4.22. The zero-order valence-corrected chi connectivity index (χ0v) is 10.2. The fourth-order valence-electron chi connectivity index (χ4n) is 1.28. The maximum atomic E-state index is 11.0. The summed E-state index contributed by atoms with van der Waals surface area (Å²) in [5, 5.41) is 5.89. The van der Waals surface area contributed by atoms with Crippen molar-refractivity contribution in [3.8, 4) is 0 Å². The topological polar surface area (TPSA) is 59.0 Å². The molecular formula is C11H20N4O. The van der Waals surface area contributed by atoms with Gasteiger partial charge in [0.2, 0.25) is 5.91 Å². The number of amides is 1. The number of aryl methyl sites for hydroxylation is 1. The van der Waals surface area contributed by atoms with Crippen LogP contribution in [0, 0.1) is 0 Å². The van der Waals surface area contributed by atoms with Crippen molar-refractivity contribution < 1.29 is 4.79 Å². The fraction of sp³-hybridized carbons (Fsp3) is 0.636. The maximum absolute atomic E-state index is 11.0. The summed E-state index contributed by atoms with van der Waals surface area (Å²) in [6.45, 7) is 5.64. The highest BCUT2D eigenvalue weighted by Gasteiger charge is 2.02. The van der Waals surface area contributed by atoms with Crippen molar-refractivity contribution in [2.75, 3.05) is 7.05 Å². The van der Waals surface area contributed by atoms with E-state index in [1.165, 1.54) is 0 Å². The largest absolute Gasteiger partial charge is 0.359 e. The molecule has 5 nitrogen and oxygen atoms in total. The van der Waals surface area contributed by atoms with Gasteiger partial charge in [0.15, 0.2) is 0 Å². The molecule has 0 saturated carbocycles. The van der Waals surface area contributed by atoms with E-state index < -0.39 is 0 Å². The quantitative estimate of drug-likeness (QED) is 0.740. The molecule has 0 aromatic carbocycles. The molecule has 0 bridgehead atoms. The third-order valence-corrected chi connectivity index (χ3v) is 2.25. The van der Waals surface area contributed by atoms with Crippen molar-refractivity contribution in [3.63, 3.8) is 0 Å². The lowest BCUT2D eigenvalue weighted by atomic mass is 10.3. The smallest absolute Gasteiger partial charge is 0.221 e. The van der Waals surface area contributed by atoms with Crippen molar-refractivity contribution in [2.45, 2.75) is 39.4 Å². The Labute approximate surface area is 96.3 Å². The summed E-state index contributed by atoms with van der Waals surface area (Å²) >= 11 is 0. The Kier molecular flexibility index (Phi) is 4.98. The van der Waals surface area contributed by atoms with Crippen LogP contribution in [0.15, 0.2) is 12.5 Å². The van der Waals surface area contributed by atoms with Crippen LogP contribution in [0.1, 0.15) is 26.0 Å². The Bertz CT molecular complexity index is 332. The fourth-order valence-corrected chi connectivity index (χ4v) is 1.28. The third-order valence-electron chi connectivity index (χ3n) is 2.25. The molecule has 0 aliphatic heterocycles. The Morgan fingerprint density at radius 2 is 2.31 bits per heavy atom. The van der Waals surface area contributed by atoms with Gasteiger partial charge >= 0.3 is 0 Å². The zero-order valence-electron chi connectivity index (χ0n) is 10.2. The lowest BCUT2D eigenvalue weighted by Gasteiger charge is -2.04. The number of nitrogens with one attached hydrogen (secondary N) is 2. The van der Waals surface area contributed by atoms with Crippen LogP contribution >= 0.6 is 0 Å². The number of imidazole rings is 1. The summed E-state index contributed by atoms with van der Waals surface area (Å²) in [5.74, 6) is 0.0514. The van der Waals surface area contributed by atoms with E-state index in [9.17, 15) is 4.79 Å². The van der Waals surface area contributed by atoms with Crippen LogP contribution in [0.25, 0.3) is 0 Å². The highest BCUT2D eigenvalue weighted by molar-refractivity contribution is 5.75. The molecule has 0 fully saturated rings. The Hall–Kier alpha value is -1.36. The van der Waals surface area contributed by atoms with Crippen LogP contribution in [-0.2, 0) is 17.9 Å². The molecule has 0 saturated heterocycles. The van der Waals surface area contributed by atoms with Gasteiger partial charge in [-0.1, -0.05) is 13.8 Å². The molecule has 1 aromatic rings. The van der Waals surface area contributed by atoms with E-state index in [4.69, 9.17) is 0 Å². The number of hydrogen-bond acceptors (Lipinski definition) is 3. The molecule has 0 radical (unpaired) electrons. The molecular weight excluding hydrogens is 204 g/mol. The summed E-state index contributed by atoms with van der Waals surface area (Å²) < 4.78 is 1.94. The Morgan fingerprint density at radius 1 is 1.56 bits per heavy atom. The molecule has 5 heteroatoms. The molecule has 90 valence electrons. The van der Waals surface area contributed by atoms with Crippen molar-refractivity contribution in [1.29, 1.82) is 0 Å². The monoisotopic (exact) mass is 224 g/mol. The van der Waals surface area contributed by atoms with Crippen LogP contribution in [0.3, 0.4) is 0 Å². The highest BCUT2D eigenvalue weighted by Crippen LogP contribution is 1.98. The van der Waals surface area contributed by atoms with Gasteiger partial charge in [-0.25, -0.2) is 4.98 Å². The van der Waals surface area contributed by atoms with E-state index in [2.05, 4.69) is 29.5 Å². The van der Waals surface area contributed by atoms with Crippen molar-refractivity contribution in [3.05, 3.63) is 18.2 Å². The first-order valence-electron chi connectivity index (χ1n) is 5.56. The van der Waals surface area contributed by atoms with Gasteiger partial charge in [-0.05, 0) is 0 Å². The van der Waals surface area contributed by atoms with Gasteiger partial charge in [-0.15, -0.1) is 0 Å². The van der Waals surface area contributed by atoms with Gasteiger partial charge in [0.1, 0.15) is 0 Å². The summed E-state index contributed by atoms with van der Waals surface area (Å²) in [7, 11) is 1.65. The summed E-state index contributed by atoms with van der Waals surface area (Å²) in [6, 6.07) is 0.455. The van der Waals surface area contributed by atoms with E-state index in [1.807, 2.05) is 10.8 Å². The summed E-state index contributed by atoms with van der Waals surface area (Å²) in [4.78, 5) is 15.3. The molecule has 0 unspecified atom stereocenters. The first-order valence-corrected chi connectivity index (χ1v) is 5.56. The van der Waals surface area contributed by atoms with Crippen molar-refractivity contribution >= 4 is 5.91 Å². The van der Waals surface area contributed by atoms with Gasteiger partial charge in [0.25, 0.3) is 0 Å². The molecule has 0 aliphatic carbocycles. The SMILES string of the molecule is CNC(=O)CCn1cnc(CNC(C)C)c1. The standard InChI is InChI=1S/C11H20N4O/c1-9(2)13-6-10-7-15(8-14-10)5-4-11(16)12-3/h7-9,13H,4-6H2,1-3H3,(H,12,16). The minimum absolute atomic E-state index is 0.0514. The number of nitrogens with zero attached hydrogens (tertiary/aromatic N) is 2. The van der Waals surface area contributed by atoms with E-state index >= 15 is 0 Å². The van der Waals surface area contributed by atoms with E-state index in [0.29, 0.717) is 19.0 Å². The molecule has 1 aromatic heterocycles. The van der Waals surface area contributed by atoms with Crippen LogP contribution in [0.2, 0.25) is 0 Å². The molecule has 0 atom stereocenters. The molecule has 2 N–H and O–H groups in total. The normalized spacial score (nSPS) is 10.8. The molecule has 0 spiro atoms. The van der Waals surface area contributed by atoms with Crippen LogP contribution in [0.5, 0.6) is 0 Å². The Morgan fingerprint density at radius 3 is 2.94 bits per heavy atom. The number of rotatable bonds is 6. The number of carbonyl (C=O) groups excluding carboxylic acids is 1. The van der Waals surface area contributed by atoms with Gasteiger partial charge in [-0.2, -0.15) is 0 Å². The van der Waals surface area contributed by atoms with Crippen LogP contribution < -0.4 is 10.6 Å². The van der Waals surface area contributed by atoms with Gasteiger partial charge in [0.05, 0.1) is 12.0 Å². The summed E-state index contributed by atoms with van der Waals surface area (Å²) in [5.41, 5.74) is 1.01. The molecule has 1 amide bonds. The number of hydrogen-bond donors (Lipinski definition) is 2. The van der Waals surface area contributed by atoms with Crippen molar-refractivity contribution in [2.24, 2.45) is 0 Å². The first kappa shape index (κ1) is 12.7. The van der Waals surface area contributed by atoms with Crippen LogP contribution in [-0.4, -0.2) is 28.5 Å². The first-order chi connectivity index (χ1) is 7.61. The van der Waals surface area contributed by atoms with E-state index in [1.54, 1.807) is 13.4 Å². The zero-order chi connectivity index (χ0) is 12.0. The second kappa shape index (κ2) is 6.27. The highest BCUT2D eigenvalue weighted by atomic mass is 16.1. The third kappa shape index (κ3) is 4.44. The van der Waals surface area contributed by atoms with Crippen LogP contribution in [0.4, 0.5) is 0 Å². The van der Waals surface area contributed by atoms with Gasteiger partial charge < -0.3 is 15.2 Å². The second-order valence-electron chi connectivity index (χ2n) is 4.06. The predicted molar refractivity (Wildman–Crippen MR) is 62.9 cm³/mol. The Balaban J connectivity index is 2.36. The molecule has 1 heterocycles. The molecule has 16 heavy (non-hydrogen) atoms. The average molecular weight is 224 g/mol. The predicted octanol–water partition coefficient (Wildman–Crippen LogP) is 0.517. The van der Waals surface area contributed by atoms with Crippen molar-refractivity contribution in [1.82, 2.24) is 20.2 Å². The van der Waals surface area contributed by atoms with E-state index in [-0.39, 0.29) is 5.91 Å². The average Bonchev–Trinajstić information content (AvgIpc) is 2.71. The molecule has 1 rings (SSSR count). The number of carbonyl (C=O) groups is 1. The van der Waals surface area contributed by atoms with E-state index in [0.717, 1.165) is 12.2 Å². The minimum atomic E-state index is 0.0514. The lowest BCUT2D eigenvalue weighted by Crippen LogP contribution is -2.22. The minimum Gasteiger partial charge on any atom is -0.359 e. The maximum Gasteiger partial charge on any atom is 0.221 e. The molecule has 0 aliphatic rings. The lowest BCUT2D eigenvalue weighted by molar-refractivity contribution is -0.120. The van der Waals surface area contributed by atoms with Gasteiger partial charge in [-0.3, -0.25) is 4.79 Å². The second-order valence-corrected chi connectivity index (χ2v) is 4.06.